The van der Waals surface area contributed by atoms with Gasteiger partial charge in [-0.05, 0) is 17.8 Å². The predicted octanol–water partition coefficient (Wildman–Crippen LogP) is 1.50. The smallest absolute Gasteiger partial charge is 0.213 e. The van der Waals surface area contributed by atoms with Gasteiger partial charge >= 0.3 is 0 Å². The molecule has 6 heteroatoms. The Bertz CT molecular complexity index is 442. The fraction of sp³-hybridized carbons (Fsp3) is 0.125. The van der Waals surface area contributed by atoms with Crippen LogP contribution in [0, 0.1) is 5.95 Å². The molecular weight excluding hydrogens is 203 g/mol. The molecule has 0 saturated heterocycles. The van der Waals surface area contributed by atoms with Gasteiger partial charge in [0.05, 0.1) is 0 Å². The molecule has 14 heavy (non-hydrogen) atoms. The summed E-state index contributed by atoms with van der Waals surface area (Å²) >= 11 is 1.34. The molecule has 0 amide bonds. The Morgan fingerprint density at radius 3 is 2.93 bits per heavy atom. The van der Waals surface area contributed by atoms with Crippen molar-refractivity contribution in [3.63, 3.8) is 0 Å². The van der Waals surface area contributed by atoms with Crippen molar-refractivity contribution in [3.8, 4) is 0 Å². The standard InChI is InChI=1S/C8H7FN4S/c1-13-8(11-5-12-13)14-6-2-3-10-7(9)4-6/h2-5H,1H3. The molecule has 2 rings (SSSR count). The minimum absolute atomic E-state index is 0.489. The highest BCUT2D eigenvalue weighted by Gasteiger charge is 2.03. The van der Waals surface area contributed by atoms with Crippen molar-refractivity contribution in [2.45, 2.75) is 10.1 Å². The largest absolute Gasteiger partial charge is 0.244 e. The Morgan fingerprint density at radius 1 is 1.43 bits per heavy atom. The number of nitrogens with zero attached hydrogens (tertiary/aromatic N) is 4. The predicted molar refractivity (Wildman–Crippen MR) is 49.3 cm³/mol. The van der Waals surface area contributed by atoms with E-state index < -0.39 is 5.95 Å². The van der Waals surface area contributed by atoms with E-state index in [-0.39, 0.29) is 0 Å². The molecule has 0 aliphatic heterocycles. The van der Waals surface area contributed by atoms with Crippen LogP contribution in [-0.2, 0) is 7.05 Å². The minimum atomic E-state index is -0.489. The first-order chi connectivity index (χ1) is 6.75. The highest BCUT2D eigenvalue weighted by Crippen LogP contribution is 2.24. The molecule has 4 nitrogen and oxygen atoms in total. The molecule has 0 fully saturated rings. The Labute approximate surface area is 84.2 Å². The van der Waals surface area contributed by atoms with Crippen LogP contribution in [0.1, 0.15) is 0 Å². The van der Waals surface area contributed by atoms with Crippen molar-refractivity contribution in [2.75, 3.05) is 0 Å². The zero-order chi connectivity index (χ0) is 9.97. The van der Waals surface area contributed by atoms with Crippen LogP contribution in [0.2, 0.25) is 0 Å². The van der Waals surface area contributed by atoms with Crippen LogP contribution < -0.4 is 0 Å². The monoisotopic (exact) mass is 210 g/mol. The summed E-state index contributed by atoms with van der Waals surface area (Å²) in [4.78, 5) is 8.24. The van der Waals surface area contributed by atoms with E-state index >= 15 is 0 Å². The van der Waals surface area contributed by atoms with Crippen molar-refractivity contribution >= 4 is 11.8 Å². The third-order valence-corrected chi connectivity index (χ3v) is 2.62. The quantitative estimate of drug-likeness (QED) is 0.704. The second-order valence-corrected chi connectivity index (χ2v) is 3.62. The van der Waals surface area contributed by atoms with Crippen LogP contribution in [0.4, 0.5) is 4.39 Å². The summed E-state index contributed by atoms with van der Waals surface area (Å²) in [6.07, 6.45) is 2.88. The molecule has 0 atom stereocenters. The van der Waals surface area contributed by atoms with Crippen molar-refractivity contribution in [3.05, 3.63) is 30.6 Å². The lowest BCUT2D eigenvalue weighted by atomic mass is 10.5. The number of hydrogen-bond donors (Lipinski definition) is 0. The number of rotatable bonds is 2. The third-order valence-electron chi connectivity index (χ3n) is 1.58. The van der Waals surface area contributed by atoms with Crippen LogP contribution in [0.25, 0.3) is 0 Å². The number of aromatic nitrogens is 4. The summed E-state index contributed by atoms with van der Waals surface area (Å²) in [5.41, 5.74) is 0. The molecule has 2 aromatic rings. The summed E-state index contributed by atoms with van der Waals surface area (Å²) in [6.45, 7) is 0. The number of pyridine rings is 1. The third kappa shape index (κ3) is 1.90. The van der Waals surface area contributed by atoms with Crippen molar-refractivity contribution in [2.24, 2.45) is 7.05 Å². The van der Waals surface area contributed by atoms with Gasteiger partial charge in [-0.3, -0.25) is 0 Å². The lowest BCUT2D eigenvalue weighted by molar-refractivity contribution is 0.579. The highest BCUT2D eigenvalue weighted by atomic mass is 32.2. The molecule has 0 radical (unpaired) electrons. The van der Waals surface area contributed by atoms with Crippen LogP contribution in [0.5, 0.6) is 0 Å². The van der Waals surface area contributed by atoms with Crippen LogP contribution in [-0.4, -0.2) is 19.7 Å². The van der Waals surface area contributed by atoms with E-state index in [4.69, 9.17) is 0 Å². The maximum absolute atomic E-state index is 12.7. The molecule has 0 spiro atoms. The lowest BCUT2D eigenvalue weighted by Gasteiger charge is -1.99. The van der Waals surface area contributed by atoms with Crippen LogP contribution >= 0.6 is 11.8 Å². The summed E-state index contributed by atoms with van der Waals surface area (Å²) in [5, 5.41) is 4.63. The summed E-state index contributed by atoms with van der Waals surface area (Å²) in [7, 11) is 1.78. The van der Waals surface area contributed by atoms with E-state index in [1.54, 1.807) is 17.8 Å². The molecular formula is C8H7FN4S. The average Bonchev–Trinajstić information content (AvgIpc) is 2.52. The van der Waals surface area contributed by atoms with E-state index in [1.165, 1.54) is 30.4 Å². The summed E-state index contributed by atoms with van der Waals surface area (Å²) in [5.74, 6) is -0.489. The fourth-order valence-corrected chi connectivity index (χ4v) is 1.71. The average molecular weight is 210 g/mol. The van der Waals surface area contributed by atoms with Crippen molar-refractivity contribution < 1.29 is 4.39 Å². The molecule has 0 saturated carbocycles. The van der Waals surface area contributed by atoms with E-state index in [2.05, 4.69) is 15.1 Å². The Kier molecular flexibility index (Phi) is 2.45. The molecule has 2 heterocycles. The summed E-state index contributed by atoms with van der Waals surface area (Å²) in [6, 6.07) is 3.09. The van der Waals surface area contributed by atoms with E-state index in [9.17, 15) is 4.39 Å². The molecule has 0 bridgehead atoms. The van der Waals surface area contributed by atoms with Gasteiger partial charge in [0.2, 0.25) is 5.95 Å². The van der Waals surface area contributed by atoms with Gasteiger partial charge in [-0.1, -0.05) is 0 Å². The van der Waals surface area contributed by atoms with Crippen molar-refractivity contribution in [1.29, 1.82) is 0 Å². The topological polar surface area (TPSA) is 43.6 Å². The van der Waals surface area contributed by atoms with E-state index in [0.717, 1.165) is 10.1 Å². The van der Waals surface area contributed by atoms with Gasteiger partial charge in [0.25, 0.3) is 0 Å². The Balaban J connectivity index is 2.23. The second kappa shape index (κ2) is 3.75. The molecule has 0 unspecified atom stereocenters. The zero-order valence-electron chi connectivity index (χ0n) is 7.38. The van der Waals surface area contributed by atoms with Gasteiger partial charge in [-0.2, -0.15) is 9.49 Å². The van der Waals surface area contributed by atoms with Gasteiger partial charge in [0.1, 0.15) is 6.33 Å². The van der Waals surface area contributed by atoms with Gasteiger partial charge < -0.3 is 0 Å². The molecule has 72 valence electrons. The molecule has 2 aromatic heterocycles. The van der Waals surface area contributed by atoms with Gasteiger partial charge in [-0.25, -0.2) is 14.6 Å². The molecule has 0 N–H and O–H groups in total. The first-order valence-electron chi connectivity index (χ1n) is 3.89. The normalized spacial score (nSPS) is 10.4. The molecule has 0 aliphatic carbocycles. The maximum Gasteiger partial charge on any atom is 0.213 e. The first kappa shape index (κ1) is 9.14. The Morgan fingerprint density at radius 2 is 2.29 bits per heavy atom. The van der Waals surface area contributed by atoms with E-state index in [1.807, 2.05) is 0 Å². The lowest BCUT2D eigenvalue weighted by Crippen LogP contribution is -1.92. The Hall–Kier alpha value is -1.43. The van der Waals surface area contributed by atoms with Crippen LogP contribution in [0.15, 0.2) is 34.7 Å². The molecule has 0 aliphatic rings. The number of hydrogen-bond acceptors (Lipinski definition) is 4. The van der Waals surface area contributed by atoms with Gasteiger partial charge in [0.15, 0.2) is 5.16 Å². The number of halogens is 1. The van der Waals surface area contributed by atoms with Gasteiger partial charge in [0, 0.05) is 24.2 Å². The zero-order valence-corrected chi connectivity index (χ0v) is 8.20. The first-order valence-corrected chi connectivity index (χ1v) is 4.71. The highest BCUT2D eigenvalue weighted by molar-refractivity contribution is 7.99. The SMILES string of the molecule is Cn1ncnc1Sc1ccnc(F)c1. The maximum atomic E-state index is 12.7. The fourth-order valence-electron chi connectivity index (χ4n) is 0.932. The molecule has 0 aromatic carbocycles. The van der Waals surface area contributed by atoms with Crippen LogP contribution in [0.3, 0.4) is 0 Å². The summed E-state index contributed by atoms with van der Waals surface area (Å²) < 4.78 is 14.4. The minimum Gasteiger partial charge on any atom is -0.244 e. The van der Waals surface area contributed by atoms with Gasteiger partial charge in [-0.15, -0.1) is 0 Å². The van der Waals surface area contributed by atoms with Crippen molar-refractivity contribution in [1.82, 2.24) is 19.7 Å². The number of aryl methyl sites for hydroxylation is 1. The van der Waals surface area contributed by atoms with E-state index in [0.29, 0.717) is 0 Å². The second-order valence-electron chi connectivity index (χ2n) is 2.58.